The highest BCUT2D eigenvalue weighted by molar-refractivity contribution is 7.86. The molecule has 31 heavy (non-hydrogen) atoms. The van der Waals surface area contributed by atoms with E-state index >= 15 is 0 Å². The fraction of sp³-hybridized carbons (Fsp3) is 0.810. The van der Waals surface area contributed by atoms with E-state index in [2.05, 4.69) is 15.8 Å². The normalized spacial score (nSPS) is 33.4. The van der Waals surface area contributed by atoms with Gasteiger partial charge in [-0.1, -0.05) is 5.16 Å². The minimum atomic E-state index is -3.43. The molecule has 1 saturated carbocycles. The molecule has 1 aliphatic carbocycles. The summed E-state index contributed by atoms with van der Waals surface area (Å²) >= 11 is 0. The Morgan fingerprint density at radius 2 is 1.81 bits per heavy atom. The number of aromatic nitrogens is 1. The van der Waals surface area contributed by atoms with Gasteiger partial charge in [-0.2, -0.15) is 17.0 Å². The van der Waals surface area contributed by atoms with Gasteiger partial charge in [0.05, 0.1) is 0 Å². The predicted octanol–water partition coefficient (Wildman–Crippen LogP) is 1.21. The summed E-state index contributed by atoms with van der Waals surface area (Å²) in [4.78, 5) is 12.6. The molecule has 1 spiro atoms. The number of nitrogens with zero attached hydrogens (tertiary/aromatic N) is 3. The molecule has 6 rings (SSSR count). The number of amides is 1. The van der Waals surface area contributed by atoms with Crippen LogP contribution in [0.3, 0.4) is 0 Å². The van der Waals surface area contributed by atoms with Crippen molar-refractivity contribution in [3.05, 3.63) is 17.5 Å². The van der Waals surface area contributed by atoms with E-state index in [1.165, 1.54) is 0 Å². The second kappa shape index (κ2) is 7.26. The fourth-order valence-corrected chi connectivity index (χ4v) is 8.39. The number of rotatable bonds is 5. The minimum Gasteiger partial charge on any atom is -0.360 e. The number of hydrogen-bond acceptors (Lipinski definition) is 6. The fourth-order valence-electron chi connectivity index (χ4n) is 6.12. The van der Waals surface area contributed by atoms with Crippen LogP contribution in [0.5, 0.6) is 0 Å². The first-order valence-corrected chi connectivity index (χ1v) is 13.1. The molecule has 10 heteroatoms. The Hall–Kier alpha value is -1.49. The summed E-state index contributed by atoms with van der Waals surface area (Å²) in [5.74, 6) is 1.00. The lowest BCUT2D eigenvalue weighted by molar-refractivity contribution is 0.0290. The zero-order valence-corrected chi connectivity index (χ0v) is 18.6. The van der Waals surface area contributed by atoms with Crippen LogP contribution in [0.2, 0.25) is 0 Å². The molecule has 4 saturated heterocycles. The van der Waals surface area contributed by atoms with Gasteiger partial charge in [-0.25, -0.2) is 0 Å². The van der Waals surface area contributed by atoms with E-state index < -0.39 is 10.2 Å². The van der Waals surface area contributed by atoms with Crippen molar-refractivity contribution in [2.75, 3.05) is 26.2 Å². The van der Waals surface area contributed by atoms with Crippen molar-refractivity contribution in [1.29, 1.82) is 0 Å². The van der Waals surface area contributed by atoms with Crippen LogP contribution in [0.1, 0.15) is 73.5 Å². The third-order valence-corrected chi connectivity index (χ3v) is 10.1. The molecule has 170 valence electrons. The molecule has 1 aromatic heterocycles. The molecular formula is C21H31N5O4S. The summed E-state index contributed by atoms with van der Waals surface area (Å²) in [5, 5.41) is 10.4. The van der Waals surface area contributed by atoms with Crippen molar-refractivity contribution in [3.63, 3.8) is 0 Å². The molecule has 2 unspecified atom stereocenters. The number of nitrogens with one attached hydrogen (secondary N) is 2. The molecule has 5 heterocycles. The Kier molecular flexibility index (Phi) is 4.72. The van der Waals surface area contributed by atoms with E-state index in [9.17, 15) is 13.2 Å². The number of carbonyl (C=O) groups is 1. The number of carbonyl (C=O) groups excluding carboxylic acids is 1. The molecule has 1 aromatic rings. The molecule has 3 atom stereocenters. The second-order valence-corrected chi connectivity index (χ2v) is 12.1. The zero-order valence-electron chi connectivity index (χ0n) is 17.8. The van der Waals surface area contributed by atoms with Crippen LogP contribution in [-0.4, -0.2) is 72.4 Å². The molecule has 5 fully saturated rings. The summed E-state index contributed by atoms with van der Waals surface area (Å²) in [7, 11) is -3.43. The van der Waals surface area contributed by atoms with Crippen molar-refractivity contribution in [2.45, 2.75) is 75.4 Å². The van der Waals surface area contributed by atoms with Crippen LogP contribution in [0.4, 0.5) is 0 Å². The highest BCUT2D eigenvalue weighted by Gasteiger charge is 2.54. The van der Waals surface area contributed by atoms with E-state index in [0.717, 1.165) is 57.4 Å². The van der Waals surface area contributed by atoms with E-state index in [1.54, 1.807) is 14.7 Å². The quantitative estimate of drug-likeness (QED) is 0.700. The second-order valence-electron chi connectivity index (χ2n) is 10.3. The summed E-state index contributed by atoms with van der Waals surface area (Å²) < 4.78 is 35.6. The third-order valence-electron chi connectivity index (χ3n) is 8.02. The Morgan fingerprint density at radius 3 is 2.45 bits per heavy atom. The number of hydrogen-bond donors (Lipinski definition) is 2. The van der Waals surface area contributed by atoms with Crippen molar-refractivity contribution in [2.24, 2.45) is 5.41 Å². The van der Waals surface area contributed by atoms with Gasteiger partial charge in [-0.3, -0.25) is 4.79 Å². The van der Waals surface area contributed by atoms with Gasteiger partial charge in [0.1, 0.15) is 5.76 Å². The first kappa shape index (κ1) is 20.1. The van der Waals surface area contributed by atoms with Crippen LogP contribution in [0.25, 0.3) is 0 Å². The average molecular weight is 450 g/mol. The molecule has 0 aromatic carbocycles. The molecular weight excluding hydrogens is 418 g/mol. The van der Waals surface area contributed by atoms with Gasteiger partial charge in [0.15, 0.2) is 5.69 Å². The molecule has 4 aliphatic heterocycles. The molecule has 5 aliphatic rings. The summed E-state index contributed by atoms with van der Waals surface area (Å²) in [6, 6.07) is 1.67. The van der Waals surface area contributed by atoms with E-state index in [0.29, 0.717) is 37.5 Å². The maximum absolute atomic E-state index is 13.4. The van der Waals surface area contributed by atoms with Gasteiger partial charge in [-0.05, 0) is 64.5 Å². The first-order chi connectivity index (χ1) is 14.9. The van der Waals surface area contributed by atoms with Crippen molar-refractivity contribution >= 4 is 16.1 Å². The summed E-state index contributed by atoms with van der Waals surface area (Å²) in [6.07, 6.45) is 7.39. The smallest absolute Gasteiger partial charge is 0.282 e. The maximum Gasteiger partial charge on any atom is 0.282 e. The summed E-state index contributed by atoms with van der Waals surface area (Å²) in [6.45, 7) is 3.28. The standard InChI is InChI=1S/C21H31N5O4S/c27-20(18-11-19(30-24-18)14-1-2-14)23-15-9-16-3-4-17(10-15)26(16)31(28,29)25-12-21(13-25)5-7-22-8-6-21/h11,14-17,22H,1-10,12-13H2,(H,23,27)/t15?,16-,17?/m1/s1. The van der Waals surface area contributed by atoms with Gasteiger partial charge in [0.2, 0.25) is 0 Å². The van der Waals surface area contributed by atoms with Gasteiger partial charge >= 0.3 is 0 Å². The molecule has 1 amide bonds. The van der Waals surface area contributed by atoms with E-state index in [4.69, 9.17) is 4.52 Å². The van der Waals surface area contributed by atoms with E-state index in [1.807, 2.05) is 0 Å². The van der Waals surface area contributed by atoms with Gasteiger partial charge < -0.3 is 15.2 Å². The largest absolute Gasteiger partial charge is 0.360 e. The lowest BCUT2D eigenvalue weighted by atomic mass is 9.74. The van der Waals surface area contributed by atoms with Crippen molar-refractivity contribution in [3.8, 4) is 0 Å². The molecule has 9 nitrogen and oxygen atoms in total. The van der Waals surface area contributed by atoms with Gasteiger partial charge in [0, 0.05) is 48.6 Å². The van der Waals surface area contributed by atoms with Crippen LogP contribution < -0.4 is 10.6 Å². The highest BCUT2D eigenvalue weighted by Crippen LogP contribution is 2.45. The highest BCUT2D eigenvalue weighted by atomic mass is 32.2. The Bertz CT molecular complexity index is 946. The maximum atomic E-state index is 13.4. The molecule has 2 N–H and O–H groups in total. The average Bonchev–Trinajstić information content (AvgIpc) is 3.38. The van der Waals surface area contributed by atoms with Crippen LogP contribution in [0, 0.1) is 5.41 Å². The third kappa shape index (κ3) is 3.51. The molecule has 2 bridgehead atoms. The minimum absolute atomic E-state index is 0.0234. The topological polar surface area (TPSA) is 108 Å². The lowest BCUT2D eigenvalue weighted by Crippen LogP contribution is -2.66. The zero-order chi connectivity index (χ0) is 21.2. The van der Waals surface area contributed by atoms with Gasteiger partial charge in [0.25, 0.3) is 16.1 Å². The van der Waals surface area contributed by atoms with Crippen LogP contribution >= 0.6 is 0 Å². The van der Waals surface area contributed by atoms with Crippen molar-refractivity contribution in [1.82, 2.24) is 24.4 Å². The molecule has 0 radical (unpaired) electrons. The Morgan fingerprint density at radius 1 is 1.13 bits per heavy atom. The summed E-state index contributed by atoms with van der Waals surface area (Å²) in [5.41, 5.74) is 0.512. The number of piperidine rings is 2. The van der Waals surface area contributed by atoms with Crippen LogP contribution in [-0.2, 0) is 10.2 Å². The number of fused-ring (bicyclic) bond motifs is 2. The predicted molar refractivity (Wildman–Crippen MR) is 113 cm³/mol. The Labute approximate surface area is 183 Å². The lowest BCUT2D eigenvalue weighted by Gasteiger charge is -2.53. The van der Waals surface area contributed by atoms with Crippen LogP contribution in [0.15, 0.2) is 10.6 Å². The van der Waals surface area contributed by atoms with E-state index in [-0.39, 0.29) is 29.4 Å². The monoisotopic (exact) mass is 449 g/mol. The Balaban J connectivity index is 1.09. The van der Waals surface area contributed by atoms with Crippen molar-refractivity contribution < 1.29 is 17.7 Å². The van der Waals surface area contributed by atoms with Gasteiger partial charge in [-0.15, -0.1) is 0 Å². The first-order valence-electron chi connectivity index (χ1n) is 11.7. The SMILES string of the molecule is O=C(NC1CC2CC[C@H](C1)N2S(=O)(=O)N1CC2(CCNCC2)C1)c1cc(C2CC2)on1.